The number of nitrogens with two attached hydrogens (primary N) is 1. The third-order valence-corrected chi connectivity index (χ3v) is 8.95. The lowest BCUT2D eigenvalue weighted by atomic mass is 10.1. The number of carbonyl (C=O) groups is 2. The molecule has 0 aromatic heterocycles. The first-order valence-corrected chi connectivity index (χ1v) is 22.2. The van der Waals surface area contributed by atoms with Crippen molar-refractivity contribution in [3.05, 3.63) is 97.2 Å². The Morgan fingerprint density at radius 3 is 1.56 bits per heavy atom. The molecule has 0 rings (SSSR count). The summed E-state index contributed by atoms with van der Waals surface area (Å²) < 4.78 is 32.6. The number of unbranched alkanes of at least 4 members (excludes halogenated alkanes) is 8. The van der Waals surface area contributed by atoms with Crippen LogP contribution in [0.25, 0.3) is 0 Å². The lowest BCUT2D eigenvalue weighted by Crippen LogP contribution is -2.29. The highest BCUT2D eigenvalue weighted by Gasteiger charge is 2.25. The van der Waals surface area contributed by atoms with Crippen LogP contribution >= 0.6 is 7.82 Å². The van der Waals surface area contributed by atoms with Crippen LogP contribution in [0.1, 0.15) is 142 Å². The zero-order valence-electron chi connectivity index (χ0n) is 34.1. The summed E-state index contributed by atoms with van der Waals surface area (Å²) in [4.78, 5) is 34.8. The van der Waals surface area contributed by atoms with Crippen molar-refractivity contribution in [2.75, 3.05) is 26.4 Å². The van der Waals surface area contributed by atoms with E-state index in [9.17, 15) is 19.0 Å². The van der Waals surface area contributed by atoms with Crippen molar-refractivity contribution in [3.63, 3.8) is 0 Å². The topological polar surface area (TPSA) is 134 Å². The van der Waals surface area contributed by atoms with E-state index in [1.165, 1.54) is 25.7 Å². The van der Waals surface area contributed by atoms with Gasteiger partial charge in [0.15, 0.2) is 6.10 Å². The van der Waals surface area contributed by atoms with Gasteiger partial charge in [0, 0.05) is 19.4 Å². The Hall–Kier alpha value is -3.07. The standard InChI is InChI=1S/C45H74NO8P/c1-3-5-7-9-11-13-15-17-19-20-21-22-24-25-27-29-31-33-35-37-44(47)51-41-43(42-53-55(49,50)52-40-39-46)54-45(48)38-36-34-32-30-28-26-23-18-16-14-12-10-8-6-4-2/h6,8,11-14,17-19,21-23,25,27,31,33,43H,3-5,7,9-10,15-16,20,24,26,28-30,32,34-42,46H2,1-2H3,(H,49,50). The van der Waals surface area contributed by atoms with Crippen LogP contribution in [0, 0.1) is 0 Å². The number of ether oxygens (including phenoxy) is 2. The largest absolute Gasteiger partial charge is 0.472 e. The summed E-state index contributed by atoms with van der Waals surface area (Å²) in [5, 5.41) is 0. The van der Waals surface area contributed by atoms with Crippen molar-refractivity contribution < 1.29 is 37.6 Å². The second-order valence-corrected chi connectivity index (χ2v) is 14.6. The maximum absolute atomic E-state index is 12.6. The Bertz CT molecular complexity index is 1220. The molecule has 2 atom stereocenters. The Balaban J connectivity index is 4.35. The van der Waals surface area contributed by atoms with Gasteiger partial charge >= 0.3 is 19.8 Å². The van der Waals surface area contributed by atoms with Gasteiger partial charge < -0.3 is 20.1 Å². The highest BCUT2D eigenvalue weighted by Crippen LogP contribution is 2.43. The number of hydrogen-bond donors (Lipinski definition) is 2. The Labute approximate surface area is 334 Å². The van der Waals surface area contributed by atoms with Crippen molar-refractivity contribution in [2.45, 2.75) is 148 Å². The molecule has 0 amide bonds. The molecular weight excluding hydrogens is 713 g/mol. The third kappa shape index (κ3) is 40.4. The number of carbonyl (C=O) groups excluding carboxylic acids is 2. The van der Waals surface area contributed by atoms with E-state index in [2.05, 4.69) is 98.9 Å². The molecule has 0 spiro atoms. The molecule has 0 heterocycles. The number of esters is 2. The van der Waals surface area contributed by atoms with Crippen molar-refractivity contribution >= 4 is 19.8 Å². The third-order valence-electron chi connectivity index (χ3n) is 7.97. The minimum atomic E-state index is -4.40. The fourth-order valence-corrected chi connectivity index (χ4v) is 5.69. The molecule has 9 nitrogen and oxygen atoms in total. The van der Waals surface area contributed by atoms with Gasteiger partial charge in [0.25, 0.3) is 0 Å². The average molecular weight is 788 g/mol. The molecule has 0 aliphatic rings. The van der Waals surface area contributed by atoms with Crippen molar-refractivity contribution in [2.24, 2.45) is 5.73 Å². The van der Waals surface area contributed by atoms with Crippen LogP contribution < -0.4 is 5.73 Å². The summed E-state index contributed by atoms with van der Waals surface area (Å²) in [7, 11) is -4.40. The molecule has 0 bridgehead atoms. The van der Waals surface area contributed by atoms with Gasteiger partial charge in [-0.3, -0.25) is 18.6 Å². The first-order valence-electron chi connectivity index (χ1n) is 20.7. The van der Waals surface area contributed by atoms with Gasteiger partial charge in [-0.15, -0.1) is 0 Å². The lowest BCUT2D eigenvalue weighted by Gasteiger charge is -2.19. The van der Waals surface area contributed by atoms with Gasteiger partial charge in [0.05, 0.1) is 13.2 Å². The average Bonchev–Trinajstić information content (AvgIpc) is 3.17. The quantitative estimate of drug-likeness (QED) is 0.0273. The fraction of sp³-hybridized carbons (Fsp3) is 0.600. The van der Waals surface area contributed by atoms with Gasteiger partial charge in [-0.2, -0.15) is 0 Å². The van der Waals surface area contributed by atoms with E-state index in [0.717, 1.165) is 77.0 Å². The van der Waals surface area contributed by atoms with E-state index in [-0.39, 0.29) is 32.6 Å². The number of phosphoric ester groups is 1. The van der Waals surface area contributed by atoms with E-state index in [1.54, 1.807) is 0 Å². The van der Waals surface area contributed by atoms with Crippen LogP contribution in [0.2, 0.25) is 0 Å². The Morgan fingerprint density at radius 1 is 0.564 bits per heavy atom. The van der Waals surface area contributed by atoms with Crippen LogP contribution in [-0.2, 0) is 32.7 Å². The van der Waals surface area contributed by atoms with Crippen LogP contribution in [0.4, 0.5) is 0 Å². The van der Waals surface area contributed by atoms with E-state index in [1.807, 2.05) is 12.2 Å². The van der Waals surface area contributed by atoms with Crippen LogP contribution in [0.5, 0.6) is 0 Å². The summed E-state index contributed by atoms with van der Waals surface area (Å²) in [6.45, 7) is 3.45. The van der Waals surface area contributed by atoms with Gasteiger partial charge in [-0.05, 0) is 83.5 Å². The summed E-state index contributed by atoms with van der Waals surface area (Å²) in [6, 6.07) is 0. The maximum Gasteiger partial charge on any atom is 0.472 e. The van der Waals surface area contributed by atoms with Crippen LogP contribution in [0.3, 0.4) is 0 Å². The Kier molecular flexibility index (Phi) is 38.3. The molecule has 0 saturated heterocycles. The van der Waals surface area contributed by atoms with Gasteiger partial charge in [0.1, 0.15) is 6.61 Å². The first kappa shape index (κ1) is 51.9. The van der Waals surface area contributed by atoms with Crippen LogP contribution in [-0.4, -0.2) is 49.3 Å². The monoisotopic (exact) mass is 788 g/mol. The second kappa shape index (κ2) is 40.6. The molecule has 312 valence electrons. The second-order valence-electron chi connectivity index (χ2n) is 13.1. The van der Waals surface area contributed by atoms with Crippen molar-refractivity contribution in [1.82, 2.24) is 0 Å². The number of phosphoric acid groups is 1. The Morgan fingerprint density at radius 2 is 1.04 bits per heavy atom. The number of hydrogen-bond acceptors (Lipinski definition) is 8. The summed E-state index contributed by atoms with van der Waals surface area (Å²) in [5.41, 5.74) is 5.33. The highest BCUT2D eigenvalue weighted by molar-refractivity contribution is 7.47. The fourth-order valence-electron chi connectivity index (χ4n) is 4.92. The highest BCUT2D eigenvalue weighted by atomic mass is 31.2. The SMILES string of the molecule is CCC=CCC=CCC=CCCCCCCCC(=O)OC(COC(=O)CCC=CCC=CCC=CCC=CCC=CCCCCC)COP(=O)(O)OCCN. The number of allylic oxidation sites excluding steroid dienone is 16. The molecule has 0 aromatic carbocycles. The zero-order valence-corrected chi connectivity index (χ0v) is 35.0. The molecular formula is C45H74NO8P. The van der Waals surface area contributed by atoms with Gasteiger partial charge in [-0.1, -0.05) is 143 Å². The molecule has 3 N–H and O–H groups in total. The lowest BCUT2D eigenvalue weighted by molar-refractivity contribution is -0.161. The van der Waals surface area contributed by atoms with E-state index >= 15 is 0 Å². The predicted octanol–water partition coefficient (Wildman–Crippen LogP) is 11.8. The number of rotatable bonds is 37. The minimum Gasteiger partial charge on any atom is -0.462 e. The minimum absolute atomic E-state index is 0.0354. The van der Waals surface area contributed by atoms with E-state index in [4.69, 9.17) is 24.3 Å². The summed E-state index contributed by atoms with van der Waals surface area (Å²) >= 11 is 0. The first-order chi connectivity index (χ1) is 26.8. The molecule has 0 radical (unpaired) electrons. The van der Waals surface area contributed by atoms with Gasteiger partial charge in [-0.25, -0.2) is 4.57 Å². The molecule has 0 aliphatic carbocycles. The van der Waals surface area contributed by atoms with E-state index < -0.39 is 32.5 Å². The van der Waals surface area contributed by atoms with Crippen molar-refractivity contribution in [3.8, 4) is 0 Å². The molecule has 0 aromatic rings. The maximum atomic E-state index is 12.6. The molecule has 10 heteroatoms. The molecule has 0 fully saturated rings. The normalized spacial score (nSPS) is 14.3. The molecule has 0 aliphatic heterocycles. The molecule has 55 heavy (non-hydrogen) atoms. The van der Waals surface area contributed by atoms with E-state index in [0.29, 0.717) is 12.8 Å². The zero-order chi connectivity index (χ0) is 40.3. The van der Waals surface area contributed by atoms with Crippen LogP contribution in [0.15, 0.2) is 97.2 Å². The molecule has 2 unspecified atom stereocenters. The summed E-state index contributed by atoms with van der Waals surface area (Å²) in [6.07, 6.45) is 51.6. The smallest absolute Gasteiger partial charge is 0.462 e. The summed E-state index contributed by atoms with van der Waals surface area (Å²) in [5.74, 6) is -0.956. The van der Waals surface area contributed by atoms with Crippen molar-refractivity contribution in [1.29, 1.82) is 0 Å². The molecule has 0 saturated carbocycles. The van der Waals surface area contributed by atoms with Gasteiger partial charge in [0.2, 0.25) is 0 Å². The predicted molar refractivity (Wildman–Crippen MR) is 228 cm³/mol.